The van der Waals surface area contributed by atoms with Crippen LogP contribution < -0.4 is 10.2 Å². The number of fused-ring (bicyclic) bond motifs is 1. The SMILES string of the molecule is CC(C)NCc1ccc(N2CCc3sccc3C2C)nc1. The Morgan fingerprint density at radius 1 is 1.38 bits per heavy atom. The van der Waals surface area contributed by atoms with Gasteiger partial charge < -0.3 is 10.2 Å². The Labute approximate surface area is 131 Å². The van der Waals surface area contributed by atoms with E-state index < -0.39 is 0 Å². The van der Waals surface area contributed by atoms with Crippen LogP contribution in [0.4, 0.5) is 5.82 Å². The maximum absolute atomic E-state index is 4.68. The van der Waals surface area contributed by atoms with E-state index in [1.807, 2.05) is 17.5 Å². The van der Waals surface area contributed by atoms with Gasteiger partial charge in [-0.2, -0.15) is 0 Å². The fraction of sp³-hybridized carbons (Fsp3) is 0.471. The molecule has 21 heavy (non-hydrogen) atoms. The van der Waals surface area contributed by atoms with Crippen molar-refractivity contribution in [2.75, 3.05) is 11.4 Å². The summed E-state index contributed by atoms with van der Waals surface area (Å²) in [4.78, 5) is 8.63. The van der Waals surface area contributed by atoms with E-state index in [4.69, 9.17) is 0 Å². The highest BCUT2D eigenvalue weighted by Crippen LogP contribution is 2.35. The molecule has 1 aliphatic heterocycles. The Bertz CT molecular complexity index is 588. The molecular weight excluding hydrogens is 278 g/mol. The van der Waals surface area contributed by atoms with Crippen molar-refractivity contribution in [3.63, 3.8) is 0 Å². The van der Waals surface area contributed by atoms with Crippen LogP contribution >= 0.6 is 11.3 Å². The minimum Gasteiger partial charge on any atom is -0.349 e. The lowest BCUT2D eigenvalue weighted by molar-refractivity contribution is 0.587. The van der Waals surface area contributed by atoms with Gasteiger partial charge in [-0.05, 0) is 42.0 Å². The predicted molar refractivity (Wildman–Crippen MR) is 90.0 cm³/mol. The number of anilines is 1. The van der Waals surface area contributed by atoms with Crippen molar-refractivity contribution in [2.24, 2.45) is 0 Å². The number of aromatic nitrogens is 1. The van der Waals surface area contributed by atoms with Gasteiger partial charge in [0.25, 0.3) is 0 Å². The van der Waals surface area contributed by atoms with E-state index in [9.17, 15) is 0 Å². The summed E-state index contributed by atoms with van der Waals surface area (Å²) in [5.74, 6) is 1.09. The minimum atomic E-state index is 0.423. The lowest BCUT2D eigenvalue weighted by Gasteiger charge is -2.34. The molecule has 1 unspecified atom stereocenters. The second kappa shape index (κ2) is 6.16. The van der Waals surface area contributed by atoms with Gasteiger partial charge in [0.15, 0.2) is 0 Å². The number of hydrogen-bond acceptors (Lipinski definition) is 4. The third-order valence-corrected chi connectivity index (χ3v) is 5.09. The van der Waals surface area contributed by atoms with E-state index in [2.05, 4.69) is 59.6 Å². The molecule has 0 saturated heterocycles. The second-order valence-corrected chi connectivity index (χ2v) is 6.98. The van der Waals surface area contributed by atoms with Gasteiger partial charge in [-0.15, -0.1) is 11.3 Å². The van der Waals surface area contributed by atoms with Gasteiger partial charge in [0.2, 0.25) is 0 Å². The van der Waals surface area contributed by atoms with Crippen LogP contribution in [0.3, 0.4) is 0 Å². The molecule has 1 aliphatic rings. The van der Waals surface area contributed by atoms with Crippen molar-refractivity contribution in [2.45, 2.75) is 45.8 Å². The van der Waals surface area contributed by atoms with E-state index in [1.54, 1.807) is 0 Å². The molecule has 1 atom stereocenters. The molecule has 0 saturated carbocycles. The molecule has 0 aromatic carbocycles. The van der Waals surface area contributed by atoms with E-state index in [1.165, 1.54) is 16.0 Å². The number of thiophene rings is 1. The van der Waals surface area contributed by atoms with Gasteiger partial charge in [0, 0.05) is 30.2 Å². The number of nitrogens with zero attached hydrogens (tertiary/aromatic N) is 2. The van der Waals surface area contributed by atoms with Crippen molar-refractivity contribution in [1.82, 2.24) is 10.3 Å². The summed E-state index contributed by atoms with van der Waals surface area (Å²) in [5, 5.41) is 5.63. The molecule has 3 rings (SSSR count). The molecule has 0 radical (unpaired) electrons. The standard InChI is InChI=1S/C17H23N3S/c1-12(2)18-10-14-4-5-17(19-11-14)20-8-6-16-15(13(20)3)7-9-21-16/h4-5,7,9,11-13,18H,6,8,10H2,1-3H3. The summed E-state index contributed by atoms with van der Waals surface area (Å²) in [5.41, 5.74) is 2.71. The number of pyridine rings is 1. The summed E-state index contributed by atoms with van der Waals surface area (Å²) < 4.78 is 0. The first-order valence-corrected chi connectivity index (χ1v) is 8.54. The summed E-state index contributed by atoms with van der Waals surface area (Å²) in [6.07, 6.45) is 3.14. The molecule has 2 aromatic rings. The van der Waals surface area contributed by atoms with Crippen molar-refractivity contribution < 1.29 is 0 Å². The Hall–Kier alpha value is -1.39. The fourth-order valence-electron chi connectivity index (χ4n) is 2.84. The van der Waals surface area contributed by atoms with E-state index in [-0.39, 0.29) is 0 Å². The summed E-state index contributed by atoms with van der Waals surface area (Å²) in [6, 6.07) is 7.53. The molecule has 0 amide bonds. The third-order valence-electron chi connectivity index (χ3n) is 4.10. The molecular formula is C17H23N3S. The second-order valence-electron chi connectivity index (χ2n) is 5.98. The van der Waals surface area contributed by atoms with E-state index in [0.717, 1.165) is 25.3 Å². The van der Waals surface area contributed by atoms with Crippen LogP contribution in [0.15, 0.2) is 29.8 Å². The maximum atomic E-state index is 4.68. The quantitative estimate of drug-likeness (QED) is 0.932. The normalized spacial score (nSPS) is 18.1. The average molecular weight is 301 g/mol. The van der Waals surface area contributed by atoms with Gasteiger partial charge in [-0.3, -0.25) is 0 Å². The molecule has 2 aromatic heterocycles. The first kappa shape index (κ1) is 14.5. The number of nitrogens with one attached hydrogen (secondary N) is 1. The molecule has 112 valence electrons. The van der Waals surface area contributed by atoms with Gasteiger partial charge >= 0.3 is 0 Å². The Morgan fingerprint density at radius 2 is 2.24 bits per heavy atom. The zero-order chi connectivity index (χ0) is 14.8. The predicted octanol–water partition coefficient (Wildman–Crippen LogP) is 3.76. The van der Waals surface area contributed by atoms with Gasteiger partial charge in [0.05, 0.1) is 6.04 Å². The van der Waals surface area contributed by atoms with Crippen LogP contribution in [-0.4, -0.2) is 17.6 Å². The van der Waals surface area contributed by atoms with Crippen molar-refractivity contribution in [3.8, 4) is 0 Å². The lowest BCUT2D eigenvalue weighted by Crippen LogP contribution is -2.33. The van der Waals surface area contributed by atoms with Crippen LogP contribution in [0.25, 0.3) is 0 Å². The zero-order valence-electron chi connectivity index (χ0n) is 13.0. The molecule has 0 aliphatic carbocycles. The van der Waals surface area contributed by atoms with E-state index in [0.29, 0.717) is 12.1 Å². The molecule has 1 N–H and O–H groups in total. The topological polar surface area (TPSA) is 28.2 Å². The minimum absolute atomic E-state index is 0.423. The van der Waals surface area contributed by atoms with Crippen LogP contribution in [0.2, 0.25) is 0 Å². The largest absolute Gasteiger partial charge is 0.349 e. The Balaban J connectivity index is 1.73. The molecule has 4 heteroatoms. The number of hydrogen-bond donors (Lipinski definition) is 1. The average Bonchev–Trinajstić information content (AvgIpc) is 2.96. The molecule has 3 nitrogen and oxygen atoms in total. The van der Waals surface area contributed by atoms with Crippen molar-refractivity contribution >= 4 is 17.2 Å². The van der Waals surface area contributed by atoms with Gasteiger partial charge in [0.1, 0.15) is 5.82 Å². The summed E-state index contributed by atoms with van der Waals surface area (Å²) in [7, 11) is 0. The maximum Gasteiger partial charge on any atom is 0.128 e. The third kappa shape index (κ3) is 3.11. The van der Waals surface area contributed by atoms with Gasteiger partial charge in [-0.25, -0.2) is 4.98 Å². The number of rotatable bonds is 4. The highest BCUT2D eigenvalue weighted by molar-refractivity contribution is 7.10. The zero-order valence-corrected chi connectivity index (χ0v) is 13.8. The van der Waals surface area contributed by atoms with Crippen LogP contribution in [0, 0.1) is 0 Å². The Kier molecular flexibility index (Phi) is 4.27. The highest BCUT2D eigenvalue weighted by atomic mass is 32.1. The molecule has 0 spiro atoms. The summed E-state index contributed by atoms with van der Waals surface area (Å²) in [6.45, 7) is 8.55. The lowest BCUT2D eigenvalue weighted by atomic mass is 10.0. The van der Waals surface area contributed by atoms with E-state index >= 15 is 0 Å². The molecule has 0 bridgehead atoms. The van der Waals surface area contributed by atoms with Crippen LogP contribution in [0.5, 0.6) is 0 Å². The summed E-state index contributed by atoms with van der Waals surface area (Å²) >= 11 is 1.88. The van der Waals surface area contributed by atoms with Crippen molar-refractivity contribution in [1.29, 1.82) is 0 Å². The first-order chi connectivity index (χ1) is 10.1. The molecule has 0 fully saturated rings. The first-order valence-electron chi connectivity index (χ1n) is 7.66. The Morgan fingerprint density at radius 3 is 2.95 bits per heavy atom. The van der Waals surface area contributed by atoms with Crippen LogP contribution in [0.1, 0.15) is 42.8 Å². The van der Waals surface area contributed by atoms with Crippen molar-refractivity contribution in [3.05, 3.63) is 45.8 Å². The fourth-order valence-corrected chi connectivity index (χ4v) is 3.80. The highest BCUT2D eigenvalue weighted by Gasteiger charge is 2.25. The van der Waals surface area contributed by atoms with Crippen LogP contribution in [-0.2, 0) is 13.0 Å². The smallest absolute Gasteiger partial charge is 0.128 e. The molecule has 3 heterocycles. The monoisotopic (exact) mass is 301 g/mol. The van der Waals surface area contributed by atoms with Gasteiger partial charge in [-0.1, -0.05) is 19.9 Å².